The second-order valence-corrected chi connectivity index (χ2v) is 6.43. The first kappa shape index (κ1) is 15.7. The monoisotopic (exact) mass is 284 g/mol. The third-order valence-electron chi connectivity index (χ3n) is 4.47. The summed E-state index contributed by atoms with van der Waals surface area (Å²) in [6, 6.07) is -0.167. The van der Waals surface area contributed by atoms with Crippen LogP contribution < -0.4 is 5.32 Å². The average molecular weight is 284 g/mol. The molecule has 1 amide bonds. The average Bonchev–Trinajstić information content (AvgIpc) is 2.48. The minimum atomic E-state index is -0.437. The van der Waals surface area contributed by atoms with E-state index >= 15 is 0 Å². The van der Waals surface area contributed by atoms with Gasteiger partial charge in [0.05, 0.1) is 24.7 Å². The van der Waals surface area contributed by atoms with Crippen molar-refractivity contribution < 1.29 is 14.6 Å². The Kier molecular flexibility index (Phi) is 5.81. The molecule has 0 aromatic rings. The normalized spacial score (nSPS) is 29.9. The molecule has 2 fully saturated rings. The first-order chi connectivity index (χ1) is 9.64. The fourth-order valence-corrected chi connectivity index (χ4v) is 3.08. The Morgan fingerprint density at radius 3 is 2.70 bits per heavy atom. The number of nitrogens with one attached hydrogen (secondary N) is 1. The number of rotatable bonds is 5. The van der Waals surface area contributed by atoms with Crippen LogP contribution in [0.15, 0.2) is 0 Å². The van der Waals surface area contributed by atoms with Crippen LogP contribution >= 0.6 is 0 Å². The fraction of sp³-hybridized carbons (Fsp3) is 0.933. The largest absolute Gasteiger partial charge is 0.394 e. The van der Waals surface area contributed by atoms with Crippen molar-refractivity contribution in [2.24, 2.45) is 5.41 Å². The summed E-state index contributed by atoms with van der Waals surface area (Å²) in [7, 11) is 0. The van der Waals surface area contributed by atoms with Gasteiger partial charge in [-0.25, -0.2) is 0 Å². The van der Waals surface area contributed by atoms with Gasteiger partial charge in [-0.1, -0.05) is 6.42 Å². The number of aliphatic hydroxyl groups is 1. The molecule has 0 unspecified atom stereocenters. The maximum Gasteiger partial charge on any atom is 0.228 e. The smallest absolute Gasteiger partial charge is 0.228 e. The zero-order valence-corrected chi connectivity index (χ0v) is 12.6. The lowest BCUT2D eigenvalue weighted by Crippen LogP contribution is -2.53. The Morgan fingerprint density at radius 1 is 1.35 bits per heavy atom. The van der Waals surface area contributed by atoms with Crippen molar-refractivity contribution >= 4 is 5.91 Å². The van der Waals surface area contributed by atoms with Gasteiger partial charge in [-0.15, -0.1) is 0 Å². The highest BCUT2D eigenvalue weighted by molar-refractivity contribution is 5.82. The van der Waals surface area contributed by atoms with Gasteiger partial charge in [0.2, 0.25) is 5.91 Å². The number of amides is 1. The third kappa shape index (κ3) is 4.17. The molecule has 116 valence electrons. The van der Waals surface area contributed by atoms with Crippen LogP contribution in [0.4, 0.5) is 0 Å². The number of ether oxygens (including phenoxy) is 1. The van der Waals surface area contributed by atoms with Gasteiger partial charge in [-0.05, 0) is 45.7 Å². The van der Waals surface area contributed by atoms with Crippen molar-refractivity contribution in [1.29, 1.82) is 0 Å². The van der Waals surface area contributed by atoms with Crippen LogP contribution in [0.25, 0.3) is 0 Å². The number of likely N-dealkylation sites (tertiary alicyclic amines) is 1. The zero-order chi connectivity index (χ0) is 14.4. The summed E-state index contributed by atoms with van der Waals surface area (Å²) < 4.78 is 5.44. The molecule has 0 aromatic heterocycles. The minimum absolute atomic E-state index is 0.000816. The lowest BCUT2D eigenvalue weighted by atomic mass is 9.83. The summed E-state index contributed by atoms with van der Waals surface area (Å²) in [6.45, 7) is 6.09. The third-order valence-corrected chi connectivity index (χ3v) is 4.47. The van der Waals surface area contributed by atoms with Gasteiger partial charge in [0.25, 0.3) is 0 Å². The van der Waals surface area contributed by atoms with Gasteiger partial charge < -0.3 is 20.1 Å². The van der Waals surface area contributed by atoms with E-state index in [1.807, 2.05) is 6.92 Å². The molecule has 2 heterocycles. The summed E-state index contributed by atoms with van der Waals surface area (Å²) in [5.41, 5.74) is -0.437. The Labute approximate surface area is 121 Å². The molecule has 5 heteroatoms. The Balaban J connectivity index is 1.83. The summed E-state index contributed by atoms with van der Waals surface area (Å²) in [4.78, 5) is 14.7. The molecule has 2 saturated heterocycles. The molecule has 0 spiro atoms. The van der Waals surface area contributed by atoms with E-state index in [0.29, 0.717) is 6.61 Å². The van der Waals surface area contributed by atoms with Crippen LogP contribution in [0.3, 0.4) is 0 Å². The topological polar surface area (TPSA) is 61.8 Å². The van der Waals surface area contributed by atoms with Crippen LogP contribution in [0.1, 0.15) is 39.0 Å². The molecule has 2 aliphatic rings. The highest BCUT2D eigenvalue weighted by Crippen LogP contribution is 2.28. The summed E-state index contributed by atoms with van der Waals surface area (Å²) >= 11 is 0. The van der Waals surface area contributed by atoms with E-state index in [0.717, 1.165) is 39.1 Å². The molecule has 0 radical (unpaired) electrons. The van der Waals surface area contributed by atoms with Gasteiger partial charge in [-0.2, -0.15) is 0 Å². The summed E-state index contributed by atoms with van der Waals surface area (Å²) in [5.74, 6) is 0.0215. The predicted octanol–water partition coefficient (Wildman–Crippen LogP) is 0.766. The van der Waals surface area contributed by atoms with Crippen molar-refractivity contribution in [3.8, 4) is 0 Å². The van der Waals surface area contributed by atoms with Crippen LogP contribution in [0, 0.1) is 5.41 Å². The fourth-order valence-electron chi connectivity index (χ4n) is 3.08. The number of aliphatic hydroxyl groups excluding tert-OH is 1. The van der Waals surface area contributed by atoms with E-state index in [9.17, 15) is 9.90 Å². The standard InChI is InChI=1S/C15H28N2O3/c1-15(6-5-9-20-12-15)14(19)16-13(11-18)10-17-7-3-2-4-8-17/h13,18H,2-12H2,1H3,(H,16,19)/t13-,15+/m1/s1. The van der Waals surface area contributed by atoms with Gasteiger partial charge in [0.1, 0.15) is 0 Å². The van der Waals surface area contributed by atoms with Gasteiger partial charge in [0.15, 0.2) is 0 Å². The van der Waals surface area contributed by atoms with E-state index in [-0.39, 0.29) is 18.6 Å². The minimum Gasteiger partial charge on any atom is -0.394 e. The van der Waals surface area contributed by atoms with Crippen molar-refractivity contribution in [1.82, 2.24) is 10.2 Å². The van der Waals surface area contributed by atoms with Crippen LogP contribution in [-0.4, -0.2) is 61.4 Å². The number of carbonyl (C=O) groups is 1. The molecular weight excluding hydrogens is 256 g/mol. The van der Waals surface area contributed by atoms with E-state index in [1.54, 1.807) is 0 Å². The van der Waals surface area contributed by atoms with Crippen LogP contribution in [0.5, 0.6) is 0 Å². The Hall–Kier alpha value is -0.650. The molecule has 0 saturated carbocycles. The van der Waals surface area contributed by atoms with E-state index in [4.69, 9.17) is 4.74 Å². The van der Waals surface area contributed by atoms with E-state index in [1.165, 1.54) is 19.3 Å². The molecular formula is C15H28N2O3. The number of hydrogen-bond acceptors (Lipinski definition) is 4. The number of carbonyl (C=O) groups excluding carboxylic acids is 1. The van der Waals surface area contributed by atoms with Crippen molar-refractivity contribution in [2.75, 3.05) is 39.5 Å². The predicted molar refractivity (Wildman–Crippen MR) is 77.5 cm³/mol. The molecule has 0 bridgehead atoms. The lowest BCUT2D eigenvalue weighted by molar-refractivity contribution is -0.138. The first-order valence-electron chi connectivity index (χ1n) is 7.86. The van der Waals surface area contributed by atoms with Gasteiger partial charge >= 0.3 is 0 Å². The first-order valence-corrected chi connectivity index (χ1v) is 7.86. The van der Waals surface area contributed by atoms with Crippen molar-refractivity contribution in [2.45, 2.75) is 45.1 Å². The SMILES string of the molecule is C[C@]1(C(=O)N[C@@H](CO)CN2CCCCC2)CCCOC1. The highest BCUT2D eigenvalue weighted by atomic mass is 16.5. The summed E-state index contributed by atoms with van der Waals surface area (Å²) in [5, 5.41) is 12.5. The molecule has 2 rings (SSSR count). The number of piperidine rings is 1. The van der Waals surface area contributed by atoms with Crippen molar-refractivity contribution in [3.05, 3.63) is 0 Å². The molecule has 5 nitrogen and oxygen atoms in total. The maximum absolute atomic E-state index is 12.4. The number of nitrogens with zero attached hydrogens (tertiary/aromatic N) is 1. The molecule has 2 N–H and O–H groups in total. The van der Waals surface area contributed by atoms with E-state index in [2.05, 4.69) is 10.2 Å². The quantitative estimate of drug-likeness (QED) is 0.783. The lowest BCUT2D eigenvalue weighted by Gasteiger charge is -2.35. The second-order valence-electron chi connectivity index (χ2n) is 6.43. The zero-order valence-electron chi connectivity index (χ0n) is 12.6. The van der Waals surface area contributed by atoms with Gasteiger partial charge in [-0.3, -0.25) is 4.79 Å². The Morgan fingerprint density at radius 2 is 2.10 bits per heavy atom. The molecule has 2 atom stereocenters. The van der Waals surface area contributed by atoms with Crippen molar-refractivity contribution in [3.63, 3.8) is 0 Å². The van der Waals surface area contributed by atoms with Gasteiger partial charge in [0, 0.05) is 13.2 Å². The molecule has 0 aliphatic carbocycles. The Bertz CT molecular complexity index is 310. The molecule has 2 aliphatic heterocycles. The highest BCUT2D eigenvalue weighted by Gasteiger charge is 2.36. The molecule has 20 heavy (non-hydrogen) atoms. The second kappa shape index (κ2) is 7.38. The summed E-state index contributed by atoms with van der Waals surface area (Å²) in [6.07, 6.45) is 5.53. The van der Waals surface area contributed by atoms with E-state index < -0.39 is 5.41 Å². The van der Waals surface area contributed by atoms with Crippen LogP contribution in [-0.2, 0) is 9.53 Å². The molecule has 0 aromatic carbocycles. The number of hydrogen-bond donors (Lipinski definition) is 2. The van der Waals surface area contributed by atoms with Crippen LogP contribution in [0.2, 0.25) is 0 Å². The maximum atomic E-state index is 12.4.